The molecule has 0 unspecified atom stereocenters. The number of nitrogen functional groups attached to an aromatic ring is 1. The highest BCUT2D eigenvalue weighted by atomic mass is 14.6. The van der Waals surface area contributed by atoms with Crippen LogP contribution in [0.3, 0.4) is 0 Å². The number of nitrogens with two attached hydrogens (primary N) is 2. The summed E-state index contributed by atoms with van der Waals surface area (Å²) >= 11 is 0. The Hall–Kier alpha value is -1.02. The zero-order valence-corrected chi connectivity index (χ0v) is 7.09. The van der Waals surface area contributed by atoms with E-state index in [1.54, 1.807) is 0 Å². The van der Waals surface area contributed by atoms with Gasteiger partial charge in [-0.2, -0.15) is 0 Å². The van der Waals surface area contributed by atoms with Gasteiger partial charge in [0.25, 0.3) is 0 Å². The monoisotopic (exact) mass is 162 g/mol. The zero-order chi connectivity index (χ0) is 8.55. The lowest BCUT2D eigenvalue weighted by Gasteiger charge is -2.22. The lowest BCUT2D eigenvalue weighted by Crippen LogP contribution is -2.17. The summed E-state index contributed by atoms with van der Waals surface area (Å²) in [6, 6.07) is 6.28. The standard InChI is InChI=1S/C10H14N2/c11-8-4-5-9-7(6-8)2-1-3-10(9)12/h4-6,10H,1-3,11-12H2/t10-/m1/s1. The molecule has 4 N–H and O–H groups in total. The Morgan fingerprint density at radius 3 is 3.00 bits per heavy atom. The van der Waals surface area contributed by atoms with E-state index in [1.165, 1.54) is 17.5 Å². The second-order valence-electron chi connectivity index (χ2n) is 3.46. The van der Waals surface area contributed by atoms with E-state index in [0.29, 0.717) is 0 Å². The van der Waals surface area contributed by atoms with Crippen LogP contribution in [0.15, 0.2) is 18.2 Å². The SMILES string of the molecule is Nc1ccc2c(c1)CCC[C@H]2N. The summed E-state index contributed by atoms with van der Waals surface area (Å²) in [7, 11) is 0. The fourth-order valence-electron chi connectivity index (χ4n) is 1.87. The molecule has 1 aromatic carbocycles. The minimum Gasteiger partial charge on any atom is -0.399 e. The Kier molecular flexibility index (Phi) is 1.77. The van der Waals surface area contributed by atoms with Gasteiger partial charge in [-0.1, -0.05) is 6.07 Å². The molecular formula is C10H14N2. The van der Waals surface area contributed by atoms with Gasteiger partial charge in [0.05, 0.1) is 0 Å². The third-order valence-electron chi connectivity index (χ3n) is 2.53. The smallest absolute Gasteiger partial charge is 0.0316 e. The van der Waals surface area contributed by atoms with Crippen LogP contribution < -0.4 is 11.5 Å². The van der Waals surface area contributed by atoms with Gasteiger partial charge in [0, 0.05) is 11.7 Å². The molecule has 2 heteroatoms. The minimum atomic E-state index is 0.231. The molecule has 2 rings (SSSR count). The molecule has 1 aliphatic carbocycles. The van der Waals surface area contributed by atoms with Crippen molar-refractivity contribution in [2.45, 2.75) is 25.3 Å². The number of aryl methyl sites for hydroxylation is 1. The zero-order valence-electron chi connectivity index (χ0n) is 7.09. The van der Waals surface area contributed by atoms with E-state index in [-0.39, 0.29) is 6.04 Å². The number of benzene rings is 1. The van der Waals surface area contributed by atoms with Crippen LogP contribution in [-0.2, 0) is 6.42 Å². The number of hydrogen-bond acceptors (Lipinski definition) is 2. The quantitative estimate of drug-likeness (QED) is 0.569. The highest BCUT2D eigenvalue weighted by molar-refractivity contribution is 5.46. The van der Waals surface area contributed by atoms with E-state index < -0.39 is 0 Å². The van der Waals surface area contributed by atoms with Gasteiger partial charge in [-0.3, -0.25) is 0 Å². The number of anilines is 1. The summed E-state index contributed by atoms with van der Waals surface area (Å²) in [5.74, 6) is 0. The molecular weight excluding hydrogens is 148 g/mol. The number of fused-ring (bicyclic) bond motifs is 1. The Balaban J connectivity index is 2.46. The summed E-state index contributed by atoms with van der Waals surface area (Å²) in [5.41, 5.74) is 15.1. The molecule has 0 aliphatic heterocycles. The van der Waals surface area contributed by atoms with Gasteiger partial charge in [-0.25, -0.2) is 0 Å². The molecule has 64 valence electrons. The normalized spacial score (nSPS) is 21.9. The largest absolute Gasteiger partial charge is 0.399 e. The van der Waals surface area contributed by atoms with Crippen molar-refractivity contribution >= 4 is 5.69 Å². The van der Waals surface area contributed by atoms with Crippen molar-refractivity contribution in [1.82, 2.24) is 0 Å². The molecule has 0 aromatic heterocycles. The third-order valence-corrected chi connectivity index (χ3v) is 2.53. The maximum Gasteiger partial charge on any atom is 0.0316 e. The van der Waals surface area contributed by atoms with Crippen molar-refractivity contribution in [3.8, 4) is 0 Å². The first kappa shape index (κ1) is 7.62. The Labute approximate surface area is 72.6 Å². The van der Waals surface area contributed by atoms with Crippen LogP contribution in [0.5, 0.6) is 0 Å². The van der Waals surface area contributed by atoms with Crippen molar-refractivity contribution in [1.29, 1.82) is 0 Å². The van der Waals surface area contributed by atoms with Crippen LogP contribution in [0.4, 0.5) is 5.69 Å². The van der Waals surface area contributed by atoms with Crippen LogP contribution in [0, 0.1) is 0 Å². The average Bonchev–Trinajstić information content (AvgIpc) is 2.04. The van der Waals surface area contributed by atoms with E-state index in [4.69, 9.17) is 11.5 Å². The van der Waals surface area contributed by atoms with Crippen molar-refractivity contribution in [3.05, 3.63) is 29.3 Å². The maximum atomic E-state index is 5.96. The van der Waals surface area contributed by atoms with Crippen molar-refractivity contribution < 1.29 is 0 Å². The van der Waals surface area contributed by atoms with Crippen LogP contribution >= 0.6 is 0 Å². The molecule has 2 nitrogen and oxygen atoms in total. The van der Waals surface area contributed by atoms with Gasteiger partial charge < -0.3 is 11.5 Å². The molecule has 0 radical (unpaired) electrons. The molecule has 1 aliphatic rings. The Morgan fingerprint density at radius 2 is 2.17 bits per heavy atom. The van der Waals surface area contributed by atoms with E-state index in [1.807, 2.05) is 12.1 Å². The van der Waals surface area contributed by atoms with Gasteiger partial charge in [0.2, 0.25) is 0 Å². The molecule has 0 heterocycles. The third kappa shape index (κ3) is 1.18. The second-order valence-corrected chi connectivity index (χ2v) is 3.46. The highest BCUT2D eigenvalue weighted by Gasteiger charge is 2.15. The van der Waals surface area contributed by atoms with Crippen LogP contribution in [-0.4, -0.2) is 0 Å². The summed E-state index contributed by atoms with van der Waals surface area (Å²) < 4.78 is 0. The molecule has 0 bridgehead atoms. The van der Waals surface area contributed by atoms with Crippen LogP contribution in [0.1, 0.15) is 30.0 Å². The lowest BCUT2D eigenvalue weighted by atomic mass is 9.88. The molecule has 1 aromatic rings. The summed E-state index contributed by atoms with van der Waals surface area (Å²) in [6.45, 7) is 0. The van der Waals surface area contributed by atoms with Crippen LogP contribution in [0.25, 0.3) is 0 Å². The molecule has 0 fully saturated rings. The fourth-order valence-corrected chi connectivity index (χ4v) is 1.87. The fraction of sp³-hybridized carbons (Fsp3) is 0.400. The molecule has 1 atom stereocenters. The Morgan fingerprint density at radius 1 is 1.33 bits per heavy atom. The number of hydrogen-bond donors (Lipinski definition) is 2. The van der Waals surface area contributed by atoms with E-state index >= 15 is 0 Å². The summed E-state index contributed by atoms with van der Waals surface area (Å²) in [6.07, 6.45) is 3.43. The number of rotatable bonds is 0. The van der Waals surface area contributed by atoms with Crippen molar-refractivity contribution in [2.75, 3.05) is 5.73 Å². The first-order valence-electron chi connectivity index (χ1n) is 4.41. The van der Waals surface area contributed by atoms with Crippen molar-refractivity contribution in [2.24, 2.45) is 5.73 Å². The van der Waals surface area contributed by atoms with Gasteiger partial charge in [0.15, 0.2) is 0 Å². The van der Waals surface area contributed by atoms with Gasteiger partial charge in [0.1, 0.15) is 0 Å². The summed E-state index contributed by atoms with van der Waals surface area (Å²) in [5, 5.41) is 0. The van der Waals surface area contributed by atoms with E-state index in [2.05, 4.69) is 6.07 Å². The van der Waals surface area contributed by atoms with E-state index in [9.17, 15) is 0 Å². The van der Waals surface area contributed by atoms with Crippen LogP contribution in [0.2, 0.25) is 0 Å². The first-order chi connectivity index (χ1) is 5.77. The maximum absolute atomic E-state index is 5.96. The Bertz CT molecular complexity index is 294. The van der Waals surface area contributed by atoms with Gasteiger partial charge >= 0.3 is 0 Å². The van der Waals surface area contributed by atoms with E-state index in [0.717, 1.165) is 18.5 Å². The minimum absolute atomic E-state index is 0.231. The average molecular weight is 162 g/mol. The molecule has 0 amide bonds. The predicted octanol–water partition coefficient (Wildman–Crippen LogP) is 1.60. The molecule has 0 saturated heterocycles. The topological polar surface area (TPSA) is 52.0 Å². The second kappa shape index (κ2) is 2.79. The first-order valence-corrected chi connectivity index (χ1v) is 4.41. The predicted molar refractivity (Wildman–Crippen MR) is 50.7 cm³/mol. The van der Waals surface area contributed by atoms with Crippen molar-refractivity contribution in [3.63, 3.8) is 0 Å². The van der Waals surface area contributed by atoms with Gasteiger partial charge in [-0.15, -0.1) is 0 Å². The molecule has 12 heavy (non-hydrogen) atoms. The lowest BCUT2D eigenvalue weighted by molar-refractivity contribution is 0.571. The molecule has 0 saturated carbocycles. The molecule has 0 spiro atoms. The van der Waals surface area contributed by atoms with Gasteiger partial charge in [-0.05, 0) is 42.5 Å². The highest BCUT2D eigenvalue weighted by Crippen LogP contribution is 2.28. The summed E-state index contributed by atoms with van der Waals surface area (Å²) in [4.78, 5) is 0.